The lowest BCUT2D eigenvalue weighted by Gasteiger charge is -2.17. The number of nitrogens with one attached hydrogen (secondary N) is 3. The van der Waals surface area contributed by atoms with Crippen molar-refractivity contribution in [2.75, 3.05) is 7.05 Å². The maximum absolute atomic E-state index is 12.2. The van der Waals surface area contributed by atoms with E-state index in [1.807, 2.05) is 0 Å². The molecule has 12 heteroatoms. The van der Waals surface area contributed by atoms with Gasteiger partial charge in [0.1, 0.15) is 12.1 Å². The molecule has 0 bridgehead atoms. The molecule has 3 amide bonds. The van der Waals surface area contributed by atoms with E-state index >= 15 is 0 Å². The van der Waals surface area contributed by atoms with Gasteiger partial charge in [0, 0.05) is 32.7 Å². The Morgan fingerprint density at radius 2 is 0.744 bits per heavy atom. The number of unbranched alkanes of at least 4 members (excludes halogenated alkanes) is 15. The molecule has 0 aliphatic carbocycles. The average Bonchev–Trinajstić information content (AvgIpc) is 2.95. The minimum atomic E-state index is -1.29. The standard InChI is InChI=1S/C31H55N3O9/c1-32-26(35)22-20-24(30(40)41)34-28(37)23-21-25(31(42)43)33-27(36)18-16-14-12-10-8-6-4-2-3-5-7-9-11-13-15-17-19-29(38)39/h24-25H,2-23H2,1H3,(H,32,35)(H,33,36)(H,34,37)(H,38,39)(H,40,41)(H,42,43)/t24-,25-/m0/s1. The van der Waals surface area contributed by atoms with Gasteiger partial charge in [0.2, 0.25) is 17.7 Å². The largest absolute Gasteiger partial charge is 0.481 e. The fourth-order valence-electron chi connectivity index (χ4n) is 4.76. The fourth-order valence-corrected chi connectivity index (χ4v) is 4.76. The van der Waals surface area contributed by atoms with Gasteiger partial charge in [-0.1, -0.05) is 89.9 Å². The van der Waals surface area contributed by atoms with E-state index in [0.717, 1.165) is 38.5 Å². The average molecular weight is 614 g/mol. The summed E-state index contributed by atoms with van der Waals surface area (Å²) in [5.74, 6) is -4.67. The second-order valence-corrected chi connectivity index (χ2v) is 11.2. The van der Waals surface area contributed by atoms with Crippen molar-refractivity contribution in [3.63, 3.8) is 0 Å². The minimum Gasteiger partial charge on any atom is -0.481 e. The molecule has 12 nitrogen and oxygen atoms in total. The number of amides is 3. The zero-order chi connectivity index (χ0) is 32.3. The van der Waals surface area contributed by atoms with E-state index < -0.39 is 35.9 Å². The van der Waals surface area contributed by atoms with E-state index in [-0.39, 0.29) is 50.3 Å². The molecule has 0 aromatic heterocycles. The Balaban J connectivity index is 3.84. The summed E-state index contributed by atoms with van der Waals surface area (Å²) >= 11 is 0. The van der Waals surface area contributed by atoms with E-state index in [9.17, 15) is 39.0 Å². The zero-order valence-electron chi connectivity index (χ0n) is 26.0. The Labute approximate surface area is 256 Å². The van der Waals surface area contributed by atoms with Crippen LogP contribution in [0.1, 0.15) is 141 Å². The molecule has 0 fully saturated rings. The van der Waals surface area contributed by atoms with Crippen LogP contribution in [-0.2, 0) is 28.8 Å². The van der Waals surface area contributed by atoms with Gasteiger partial charge in [0.15, 0.2) is 0 Å². The SMILES string of the molecule is CNC(=O)CC[C@H](NC(=O)CC[C@H](NC(=O)CCCCCCCCCCCCCCCCCCC(=O)O)C(=O)O)C(=O)O. The maximum Gasteiger partial charge on any atom is 0.326 e. The number of carboxylic acid groups (broad SMARTS) is 3. The summed E-state index contributed by atoms with van der Waals surface area (Å²) < 4.78 is 0. The lowest BCUT2D eigenvalue weighted by molar-refractivity contribution is -0.143. The molecule has 0 aliphatic rings. The number of rotatable bonds is 29. The highest BCUT2D eigenvalue weighted by Gasteiger charge is 2.24. The van der Waals surface area contributed by atoms with Crippen LogP contribution in [0.15, 0.2) is 0 Å². The molecule has 0 radical (unpaired) electrons. The second kappa shape index (κ2) is 26.4. The third kappa shape index (κ3) is 25.1. The maximum atomic E-state index is 12.2. The van der Waals surface area contributed by atoms with Crippen molar-refractivity contribution in [1.82, 2.24) is 16.0 Å². The second-order valence-electron chi connectivity index (χ2n) is 11.2. The Morgan fingerprint density at radius 1 is 0.442 bits per heavy atom. The Bertz CT molecular complexity index is 835. The van der Waals surface area contributed by atoms with Crippen LogP contribution in [0.25, 0.3) is 0 Å². The summed E-state index contributed by atoms with van der Waals surface area (Å²) in [5, 5.41) is 34.4. The topological polar surface area (TPSA) is 199 Å². The summed E-state index contributed by atoms with van der Waals surface area (Å²) in [6, 6.07) is -2.51. The molecule has 0 aliphatic heterocycles. The van der Waals surface area contributed by atoms with E-state index in [2.05, 4.69) is 16.0 Å². The first-order valence-corrected chi connectivity index (χ1v) is 16.0. The monoisotopic (exact) mass is 613 g/mol. The molecular weight excluding hydrogens is 558 g/mol. The first kappa shape index (κ1) is 39.8. The molecule has 0 saturated carbocycles. The molecule has 6 N–H and O–H groups in total. The fraction of sp³-hybridized carbons (Fsp3) is 0.806. The minimum absolute atomic E-state index is 0.0792. The van der Waals surface area contributed by atoms with Crippen LogP contribution in [0.5, 0.6) is 0 Å². The highest BCUT2D eigenvalue weighted by Crippen LogP contribution is 2.14. The van der Waals surface area contributed by atoms with E-state index in [1.54, 1.807) is 0 Å². The summed E-state index contributed by atoms with van der Waals surface area (Å²) in [4.78, 5) is 69.0. The predicted octanol–water partition coefficient (Wildman–Crippen LogP) is 4.54. The third-order valence-electron chi connectivity index (χ3n) is 7.41. The Hall–Kier alpha value is -3.18. The van der Waals surface area contributed by atoms with Gasteiger partial charge in [-0.05, 0) is 25.7 Å². The number of hydrogen-bond acceptors (Lipinski definition) is 6. The van der Waals surface area contributed by atoms with Gasteiger partial charge in [-0.25, -0.2) is 9.59 Å². The van der Waals surface area contributed by atoms with Gasteiger partial charge in [-0.3, -0.25) is 19.2 Å². The molecule has 2 atom stereocenters. The number of carbonyl (C=O) groups excluding carboxylic acids is 3. The molecule has 0 unspecified atom stereocenters. The number of carboxylic acids is 3. The van der Waals surface area contributed by atoms with Crippen molar-refractivity contribution in [3.05, 3.63) is 0 Å². The Kier molecular flexibility index (Phi) is 24.5. The van der Waals surface area contributed by atoms with E-state index in [0.29, 0.717) is 6.42 Å². The van der Waals surface area contributed by atoms with E-state index in [4.69, 9.17) is 5.11 Å². The quantitative estimate of drug-likeness (QED) is 0.0656. The van der Waals surface area contributed by atoms with Crippen molar-refractivity contribution >= 4 is 35.6 Å². The molecule has 0 aromatic carbocycles. The van der Waals surface area contributed by atoms with Crippen LogP contribution in [0.2, 0.25) is 0 Å². The van der Waals surface area contributed by atoms with Gasteiger partial charge >= 0.3 is 17.9 Å². The van der Waals surface area contributed by atoms with Crippen molar-refractivity contribution in [2.45, 2.75) is 153 Å². The molecule has 0 rings (SSSR count). The lowest BCUT2D eigenvalue weighted by Crippen LogP contribution is -2.44. The van der Waals surface area contributed by atoms with Gasteiger partial charge < -0.3 is 31.3 Å². The summed E-state index contributed by atoms with van der Waals surface area (Å²) in [7, 11) is 1.42. The molecule has 0 spiro atoms. The molecule has 43 heavy (non-hydrogen) atoms. The van der Waals surface area contributed by atoms with Crippen LogP contribution in [0, 0.1) is 0 Å². The first-order chi connectivity index (χ1) is 20.6. The normalized spacial score (nSPS) is 12.2. The van der Waals surface area contributed by atoms with Crippen LogP contribution in [0.4, 0.5) is 0 Å². The molecule has 248 valence electrons. The summed E-state index contributed by atoms with van der Waals surface area (Å²) in [5.41, 5.74) is 0. The van der Waals surface area contributed by atoms with E-state index in [1.165, 1.54) is 64.8 Å². The summed E-state index contributed by atoms with van der Waals surface area (Å²) in [6.07, 6.45) is 17.5. The summed E-state index contributed by atoms with van der Waals surface area (Å²) in [6.45, 7) is 0. The molecular formula is C31H55N3O9. The highest BCUT2D eigenvalue weighted by molar-refractivity contribution is 5.86. The van der Waals surface area contributed by atoms with Crippen LogP contribution in [-0.4, -0.2) is 70.1 Å². The van der Waals surface area contributed by atoms with Gasteiger partial charge in [-0.2, -0.15) is 0 Å². The Morgan fingerprint density at radius 3 is 1.07 bits per heavy atom. The predicted molar refractivity (Wildman–Crippen MR) is 162 cm³/mol. The van der Waals surface area contributed by atoms with Crippen molar-refractivity contribution in [1.29, 1.82) is 0 Å². The first-order valence-electron chi connectivity index (χ1n) is 16.0. The van der Waals surface area contributed by atoms with Crippen molar-refractivity contribution < 1.29 is 44.1 Å². The van der Waals surface area contributed by atoms with Crippen LogP contribution >= 0.6 is 0 Å². The highest BCUT2D eigenvalue weighted by atomic mass is 16.4. The zero-order valence-corrected chi connectivity index (χ0v) is 26.0. The lowest BCUT2D eigenvalue weighted by atomic mass is 10.0. The van der Waals surface area contributed by atoms with Crippen LogP contribution < -0.4 is 16.0 Å². The van der Waals surface area contributed by atoms with Gasteiger partial charge in [0.25, 0.3) is 0 Å². The van der Waals surface area contributed by atoms with Crippen molar-refractivity contribution in [3.8, 4) is 0 Å². The number of carbonyl (C=O) groups is 6. The number of aliphatic carboxylic acids is 3. The van der Waals surface area contributed by atoms with Crippen molar-refractivity contribution in [2.24, 2.45) is 0 Å². The molecule has 0 heterocycles. The van der Waals surface area contributed by atoms with Crippen LogP contribution in [0.3, 0.4) is 0 Å². The molecule has 0 aromatic rings. The smallest absolute Gasteiger partial charge is 0.326 e. The number of hydrogen-bond donors (Lipinski definition) is 6. The van der Waals surface area contributed by atoms with Gasteiger partial charge in [0.05, 0.1) is 0 Å². The van der Waals surface area contributed by atoms with Gasteiger partial charge in [-0.15, -0.1) is 0 Å². The third-order valence-corrected chi connectivity index (χ3v) is 7.41. The molecule has 0 saturated heterocycles.